The summed E-state index contributed by atoms with van der Waals surface area (Å²) >= 11 is 9.77. The highest BCUT2D eigenvalue weighted by molar-refractivity contribution is 7.99. The smallest absolute Gasteiger partial charge is 0.172 e. The van der Waals surface area contributed by atoms with Crippen LogP contribution in [0.1, 0.15) is 11.1 Å². The molecule has 0 aliphatic carbocycles. The number of morpholine rings is 1. The van der Waals surface area contributed by atoms with Crippen molar-refractivity contribution in [1.29, 1.82) is 5.26 Å². The lowest BCUT2D eigenvalue weighted by Crippen LogP contribution is -2.35. The number of anilines is 2. The molecule has 0 unspecified atom stereocenters. The second kappa shape index (κ2) is 11.4. The molecule has 1 saturated heterocycles. The van der Waals surface area contributed by atoms with Gasteiger partial charge in [0.1, 0.15) is 6.07 Å². The molecule has 0 saturated carbocycles. The molecule has 7 nitrogen and oxygen atoms in total. The lowest BCUT2D eigenvalue weighted by atomic mass is 10.1. The lowest BCUT2D eigenvalue weighted by molar-refractivity contribution is 0.0342. The SMILES string of the molecule is Cn1ccnc1Sc1ccc(Nc2c(C#N)cnc3cc(-c4ccc(CN5CCOCC5)cc4)sc23)cc1Cl. The molecule has 2 aromatic carbocycles. The maximum atomic E-state index is 9.84. The molecule has 0 amide bonds. The Morgan fingerprint density at radius 1 is 1.13 bits per heavy atom. The fraction of sp³-hybridized carbons (Fsp3) is 0.207. The van der Waals surface area contributed by atoms with Crippen LogP contribution in [0.15, 0.2) is 77.2 Å². The highest BCUT2D eigenvalue weighted by Crippen LogP contribution is 2.40. The standard InChI is InChI=1S/C29H25ClN6OS2/c1-35-9-8-32-29(35)39-25-7-6-22(14-23(25)30)34-27-21(16-31)17-33-24-15-26(38-28(24)27)20-4-2-19(3-5-20)18-36-10-12-37-13-11-36/h2-9,14-15,17H,10-13,18H2,1H3,(H,33,34). The number of ether oxygens (including phenoxy) is 1. The first-order chi connectivity index (χ1) is 19.1. The van der Waals surface area contributed by atoms with E-state index < -0.39 is 0 Å². The van der Waals surface area contributed by atoms with E-state index in [0.29, 0.717) is 10.6 Å². The summed E-state index contributed by atoms with van der Waals surface area (Å²) in [5.41, 5.74) is 5.29. The van der Waals surface area contributed by atoms with Crippen molar-refractivity contribution in [3.05, 3.63) is 83.3 Å². The molecule has 0 atom stereocenters. The molecule has 1 fully saturated rings. The third-order valence-electron chi connectivity index (χ3n) is 6.59. The largest absolute Gasteiger partial charge is 0.379 e. The van der Waals surface area contributed by atoms with E-state index in [2.05, 4.69) is 56.6 Å². The molecule has 4 heterocycles. The molecule has 0 spiro atoms. The first-order valence-corrected chi connectivity index (χ1v) is 14.5. The predicted octanol–water partition coefficient (Wildman–Crippen LogP) is 6.95. The van der Waals surface area contributed by atoms with Gasteiger partial charge in [-0.25, -0.2) is 4.98 Å². The van der Waals surface area contributed by atoms with Crippen LogP contribution < -0.4 is 5.32 Å². The molecule has 0 bridgehead atoms. The van der Waals surface area contributed by atoms with Crippen molar-refractivity contribution in [1.82, 2.24) is 19.4 Å². The zero-order chi connectivity index (χ0) is 26.8. The van der Waals surface area contributed by atoms with Gasteiger partial charge in [0.2, 0.25) is 0 Å². The zero-order valence-corrected chi connectivity index (χ0v) is 23.6. The molecule has 3 aromatic heterocycles. The van der Waals surface area contributed by atoms with Crippen LogP contribution in [0.2, 0.25) is 5.02 Å². The van der Waals surface area contributed by atoms with Gasteiger partial charge in [0.15, 0.2) is 5.16 Å². The molecule has 10 heteroatoms. The van der Waals surface area contributed by atoms with Crippen molar-refractivity contribution in [3.8, 4) is 16.5 Å². The molecule has 1 N–H and O–H groups in total. The van der Waals surface area contributed by atoms with Crippen LogP contribution in [0.25, 0.3) is 20.7 Å². The Morgan fingerprint density at radius 3 is 2.67 bits per heavy atom. The van der Waals surface area contributed by atoms with Crippen LogP contribution in [0, 0.1) is 11.3 Å². The number of hydrogen-bond donors (Lipinski definition) is 1. The maximum absolute atomic E-state index is 9.84. The van der Waals surface area contributed by atoms with Gasteiger partial charge in [0.05, 0.1) is 39.7 Å². The molecule has 39 heavy (non-hydrogen) atoms. The van der Waals surface area contributed by atoms with Crippen molar-refractivity contribution < 1.29 is 4.74 Å². The van der Waals surface area contributed by atoms with Gasteiger partial charge in [0, 0.05) is 60.7 Å². The number of nitriles is 1. The van der Waals surface area contributed by atoms with Crippen LogP contribution >= 0.6 is 34.7 Å². The zero-order valence-electron chi connectivity index (χ0n) is 21.2. The third-order valence-corrected chi connectivity index (χ3v) is 9.36. The fourth-order valence-electron chi connectivity index (χ4n) is 4.47. The molecule has 196 valence electrons. The number of imidazole rings is 1. The molecular formula is C29H25ClN6OS2. The van der Waals surface area contributed by atoms with Crippen LogP contribution in [0.3, 0.4) is 0 Å². The highest BCUT2D eigenvalue weighted by atomic mass is 35.5. The summed E-state index contributed by atoms with van der Waals surface area (Å²) in [6.07, 6.45) is 5.29. The van der Waals surface area contributed by atoms with E-state index in [1.807, 2.05) is 36.0 Å². The van der Waals surface area contributed by atoms with E-state index in [1.165, 1.54) is 17.3 Å². The molecule has 1 aliphatic heterocycles. The number of nitrogens with zero attached hydrogens (tertiary/aromatic N) is 5. The van der Waals surface area contributed by atoms with Crippen LogP contribution in [-0.2, 0) is 18.3 Å². The van der Waals surface area contributed by atoms with Gasteiger partial charge in [-0.05, 0) is 35.4 Å². The lowest BCUT2D eigenvalue weighted by Gasteiger charge is -2.26. The van der Waals surface area contributed by atoms with Gasteiger partial charge in [-0.3, -0.25) is 9.88 Å². The van der Waals surface area contributed by atoms with Crippen molar-refractivity contribution in [3.63, 3.8) is 0 Å². The Balaban J connectivity index is 1.25. The maximum Gasteiger partial charge on any atom is 0.172 e. The average Bonchev–Trinajstić information content (AvgIpc) is 3.57. The Labute approximate surface area is 240 Å². The Kier molecular flexibility index (Phi) is 7.55. The highest BCUT2D eigenvalue weighted by Gasteiger charge is 2.16. The predicted molar refractivity (Wildman–Crippen MR) is 158 cm³/mol. The number of halogens is 1. The Hall–Kier alpha value is -3.39. The first-order valence-electron chi connectivity index (χ1n) is 12.5. The van der Waals surface area contributed by atoms with Gasteiger partial charge < -0.3 is 14.6 Å². The van der Waals surface area contributed by atoms with Crippen LogP contribution in [0.4, 0.5) is 11.4 Å². The molecule has 0 radical (unpaired) electrons. The number of aryl methyl sites for hydroxylation is 1. The fourth-order valence-corrected chi connectivity index (χ4v) is 6.70. The number of nitrogens with one attached hydrogen (secondary N) is 1. The first kappa shape index (κ1) is 25.9. The van der Waals surface area contributed by atoms with Crippen LogP contribution in [-0.4, -0.2) is 45.7 Å². The molecule has 5 aromatic rings. The van der Waals surface area contributed by atoms with Gasteiger partial charge in [0.25, 0.3) is 0 Å². The molecular weight excluding hydrogens is 548 g/mol. The van der Waals surface area contributed by atoms with E-state index in [0.717, 1.165) is 74.9 Å². The summed E-state index contributed by atoms with van der Waals surface area (Å²) in [6, 6.07) is 18.9. The number of benzene rings is 2. The van der Waals surface area contributed by atoms with Gasteiger partial charge in [-0.2, -0.15) is 5.26 Å². The Morgan fingerprint density at radius 2 is 1.95 bits per heavy atom. The Bertz CT molecular complexity index is 1670. The van der Waals surface area contributed by atoms with Gasteiger partial charge in [-0.15, -0.1) is 11.3 Å². The minimum absolute atomic E-state index is 0.486. The van der Waals surface area contributed by atoms with Gasteiger partial charge >= 0.3 is 0 Å². The number of thiophene rings is 1. The molecule has 1 aliphatic rings. The second-order valence-corrected chi connectivity index (χ2v) is 11.7. The summed E-state index contributed by atoms with van der Waals surface area (Å²) in [4.78, 5) is 13.4. The number of aromatic nitrogens is 3. The van der Waals surface area contributed by atoms with E-state index in [1.54, 1.807) is 23.7 Å². The minimum atomic E-state index is 0.486. The third kappa shape index (κ3) is 5.66. The van der Waals surface area contributed by atoms with Gasteiger partial charge in [-0.1, -0.05) is 47.6 Å². The van der Waals surface area contributed by atoms with Crippen LogP contribution in [0.5, 0.6) is 0 Å². The normalized spacial score (nSPS) is 14.0. The summed E-state index contributed by atoms with van der Waals surface area (Å²) in [7, 11) is 1.95. The summed E-state index contributed by atoms with van der Waals surface area (Å²) in [5, 5.41) is 14.8. The number of pyridine rings is 1. The topological polar surface area (TPSA) is 79.0 Å². The van der Waals surface area contributed by atoms with Crippen molar-refractivity contribution in [2.75, 3.05) is 31.6 Å². The summed E-state index contributed by atoms with van der Waals surface area (Å²) in [6.45, 7) is 4.47. The number of fused-ring (bicyclic) bond motifs is 1. The van der Waals surface area contributed by atoms with E-state index in [4.69, 9.17) is 16.3 Å². The summed E-state index contributed by atoms with van der Waals surface area (Å²) < 4.78 is 8.34. The van der Waals surface area contributed by atoms with Crippen molar-refractivity contribution in [2.24, 2.45) is 7.05 Å². The molecule has 6 rings (SSSR count). The van der Waals surface area contributed by atoms with E-state index in [-0.39, 0.29) is 0 Å². The van der Waals surface area contributed by atoms with E-state index in [9.17, 15) is 5.26 Å². The van der Waals surface area contributed by atoms with Crippen molar-refractivity contribution >= 4 is 56.3 Å². The quantitative estimate of drug-likeness (QED) is 0.226. The number of rotatable bonds is 7. The van der Waals surface area contributed by atoms with E-state index >= 15 is 0 Å². The summed E-state index contributed by atoms with van der Waals surface area (Å²) in [5.74, 6) is 0. The monoisotopic (exact) mass is 572 g/mol. The average molecular weight is 573 g/mol. The number of hydrogen-bond acceptors (Lipinski definition) is 8. The van der Waals surface area contributed by atoms with Crippen molar-refractivity contribution in [2.45, 2.75) is 16.6 Å². The minimum Gasteiger partial charge on any atom is -0.379 e. The second-order valence-electron chi connectivity index (χ2n) is 9.26.